The van der Waals surface area contributed by atoms with Gasteiger partial charge in [0.25, 0.3) is 0 Å². The van der Waals surface area contributed by atoms with Crippen molar-refractivity contribution in [1.82, 2.24) is 0 Å². The standard InChI is InChI=1S/C15H15F2NO2/c1-19-13-8-3-5-10(15(13)20-2)9-18-12-7-4-6-11(16)14(12)17/h3-8,18H,9H2,1-2H3. The van der Waals surface area contributed by atoms with Crippen LogP contribution in [0.2, 0.25) is 0 Å². The van der Waals surface area contributed by atoms with Crippen LogP contribution in [0.4, 0.5) is 14.5 Å². The maximum atomic E-state index is 13.5. The third-order valence-electron chi connectivity index (χ3n) is 2.91. The molecular weight excluding hydrogens is 264 g/mol. The average Bonchev–Trinajstić information content (AvgIpc) is 2.48. The van der Waals surface area contributed by atoms with Gasteiger partial charge in [-0.25, -0.2) is 8.78 Å². The summed E-state index contributed by atoms with van der Waals surface area (Å²) in [5.74, 6) is -0.618. The number of para-hydroxylation sites is 1. The van der Waals surface area contributed by atoms with E-state index >= 15 is 0 Å². The van der Waals surface area contributed by atoms with E-state index in [2.05, 4.69) is 5.32 Å². The molecule has 3 nitrogen and oxygen atoms in total. The van der Waals surface area contributed by atoms with E-state index in [-0.39, 0.29) is 5.69 Å². The number of halogens is 2. The predicted molar refractivity (Wildman–Crippen MR) is 73.2 cm³/mol. The summed E-state index contributed by atoms with van der Waals surface area (Å²) >= 11 is 0. The van der Waals surface area contributed by atoms with Crippen LogP contribution in [0.3, 0.4) is 0 Å². The van der Waals surface area contributed by atoms with Crippen molar-refractivity contribution in [2.75, 3.05) is 19.5 Å². The topological polar surface area (TPSA) is 30.5 Å². The van der Waals surface area contributed by atoms with Gasteiger partial charge in [-0.1, -0.05) is 18.2 Å². The molecule has 0 spiro atoms. The number of benzene rings is 2. The lowest BCUT2D eigenvalue weighted by atomic mass is 10.1. The second-order valence-corrected chi connectivity index (χ2v) is 4.11. The van der Waals surface area contributed by atoms with Gasteiger partial charge in [0.15, 0.2) is 23.1 Å². The van der Waals surface area contributed by atoms with Gasteiger partial charge in [0.05, 0.1) is 19.9 Å². The van der Waals surface area contributed by atoms with Crippen LogP contribution >= 0.6 is 0 Å². The Balaban J connectivity index is 2.21. The van der Waals surface area contributed by atoms with Crippen LogP contribution in [-0.2, 0) is 6.54 Å². The highest BCUT2D eigenvalue weighted by molar-refractivity contribution is 5.50. The van der Waals surface area contributed by atoms with Gasteiger partial charge >= 0.3 is 0 Å². The fraction of sp³-hybridized carbons (Fsp3) is 0.200. The molecule has 0 unspecified atom stereocenters. The summed E-state index contributed by atoms with van der Waals surface area (Å²) in [6, 6.07) is 9.40. The molecule has 0 bridgehead atoms. The van der Waals surface area contributed by atoms with E-state index in [0.29, 0.717) is 18.0 Å². The average molecular weight is 279 g/mol. The number of hydrogen-bond donors (Lipinski definition) is 1. The van der Waals surface area contributed by atoms with Crippen molar-refractivity contribution in [2.24, 2.45) is 0 Å². The highest BCUT2D eigenvalue weighted by Crippen LogP contribution is 2.31. The monoisotopic (exact) mass is 279 g/mol. The molecule has 0 aliphatic carbocycles. The van der Waals surface area contributed by atoms with E-state index in [1.165, 1.54) is 19.2 Å². The molecule has 0 fully saturated rings. The van der Waals surface area contributed by atoms with Crippen LogP contribution in [0.1, 0.15) is 5.56 Å². The molecule has 2 aromatic carbocycles. The van der Waals surface area contributed by atoms with Crippen LogP contribution in [0, 0.1) is 11.6 Å². The van der Waals surface area contributed by atoms with Crippen LogP contribution in [0.25, 0.3) is 0 Å². The van der Waals surface area contributed by atoms with E-state index in [1.54, 1.807) is 19.2 Å². The van der Waals surface area contributed by atoms with Crippen molar-refractivity contribution < 1.29 is 18.3 Å². The van der Waals surface area contributed by atoms with Crippen LogP contribution in [0.5, 0.6) is 11.5 Å². The Morgan fingerprint density at radius 3 is 2.45 bits per heavy atom. The first-order chi connectivity index (χ1) is 9.67. The molecule has 0 atom stereocenters. The van der Waals surface area contributed by atoms with E-state index < -0.39 is 11.6 Å². The fourth-order valence-electron chi connectivity index (χ4n) is 1.92. The molecule has 0 heterocycles. The largest absolute Gasteiger partial charge is 0.493 e. The molecule has 20 heavy (non-hydrogen) atoms. The van der Waals surface area contributed by atoms with Crippen molar-refractivity contribution in [1.29, 1.82) is 0 Å². The summed E-state index contributed by atoms with van der Waals surface area (Å²) in [5.41, 5.74) is 0.894. The summed E-state index contributed by atoms with van der Waals surface area (Å²) in [6.07, 6.45) is 0. The van der Waals surface area contributed by atoms with Crippen molar-refractivity contribution >= 4 is 5.69 Å². The second-order valence-electron chi connectivity index (χ2n) is 4.11. The summed E-state index contributed by atoms with van der Waals surface area (Å²) in [5, 5.41) is 2.85. The zero-order chi connectivity index (χ0) is 14.5. The Hall–Kier alpha value is -2.30. The van der Waals surface area contributed by atoms with Gasteiger partial charge < -0.3 is 14.8 Å². The zero-order valence-corrected chi connectivity index (χ0v) is 11.2. The van der Waals surface area contributed by atoms with Crippen LogP contribution in [-0.4, -0.2) is 14.2 Å². The number of nitrogens with one attached hydrogen (secondary N) is 1. The second kappa shape index (κ2) is 6.23. The molecule has 0 aliphatic rings. The molecule has 106 valence electrons. The number of hydrogen-bond acceptors (Lipinski definition) is 3. The third-order valence-corrected chi connectivity index (χ3v) is 2.91. The minimum Gasteiger partial charge on any atom is -0.493 e. The number of methoxy groups -OCH3 is 2. The first-order valence-electron chi connectivity index (χ1n) is 6.05. The highest BCUT2D eigenvalue weighted by Gasteiger charge is 2.11. The lowest BCUT2D eigenvalue weighted by Crippen LogP contribution is -2.05. The molecule has 0 aromatic heterocycles. The lowest BCUT2D eigenvalue weighted by molar-refractivity contribution is 0.352. The summed E-state index contributed by atoms with van der Waals surface area (Å²) in [7, 11) is 3.07. The van der Waals surface area contributed by atoms with Gasteiger partial charge in [-0.3, -0.25) is 0 Å². The molecule has 1 N–H and O–H groups in total. The summed E-state index contributed by atoms with van der Waals surface area (Å²) in [4.78, 5) is 0. The van der Waals surface area contributed by atoms with Gasteiger partial charge in [0, 0.05) is 12.1 Å². The van der Waals surface area contributed by atoms with E-state index in [1.807, 2.05) is 6.07 Å². The number of ether oxygens (including phenoxy) is 2. The summed E-state index contributed by atoms with van der Waals surface area (Å²) < 4.78 is 37.1. The Kier molecular flexibility index (Phi) is 4.40. The maximum absolute atomic E-state index is 13.5. The zero-order valence-electron chi connectivity index (χ0n) is 11.2. The molecule has 0 saturated heterocycles. The Bertz CT molecular complexity index is 602. The Morgan fingerprint density at radius 1 is 1.00 bits per heavy atom. The molecule has 0 saturated carbocycles. The van der Waals surface area contributed by atoms with Crippen LogP contribution in [0.15, 0.2) is 36.4 Å². The molecule has 5 heteroatoms. The van der Waals surface area contributed by atoms with Gasteiger partial charge in [0.2, 0.25) is 0 Å². The van der Waals surface area contributed by atoms with E-state index in [0.717, 1.165) is 11.6 Å². The smallest absolute Gasteiger partial charge is 0.181 e. The minimum atomic E-state index is -0.894. The molecule has 0 amide bonds. The highest BCUT2D eigenvalue weighted by atomic mass is 19.2. The molecule has 0 radical (unpaired) electrons. The van der Waals surface area contributed by atoms with Crippen molar-refractivity contribution in [3.63, 3.8) is 0 Å². The van der Waals surface area contributed by atoms with E-state index in [9.17, 15) is 8.78 Å². The first-order valence-corrected chi connectivity index (χ1v) is 6.05. The normalized spacial score (nSPS) is 10.2. The number of anilines is 1. The fourth-order valence-corrected chi connectivity index (χ4v) is 1.92. The lowest BCUT2D eigenvalue weighted by Gasteiger charge is -2.14. The molecule has 0 aliphatic heterocycles. The van der Waals surface area contributed by atoms with E-state index in [4.69, 9.17) is 9.47 Å². The van der Waals surface area contributed by atoms with Gasteiger partial charge in [-0.05, 0) is 18.2 Å². The van der Waals surface area contributed by atoms with Crippen molar-refractivity contribution in [3.8, 4) is 11.5 Å². The van der Waals surface area contributed by atoms with Crippen molar-refractivity contribution in [2.45, 2.75) is 6.54 Å². The van der Waals surface area contributed by atoms with Crippen molar-refractivity contribution in [3.05, 3.63) is 53.6 Å². The Morgan fingerprint density at radius 2 is 1.75 bits per heavy atom. The first kappa shape index (κ1) is 14.1. The maximum Gasteiger partial charge on any atom is 0.181 e. The van der Waals surface area contributed by atoms with Gasteiger partial charge in [-0.15, -0.1) is 0 Å². The molecule has 2 aromatic rings. The molecular formula is C15H15F2NO2. The van der Waals surface area contributed by atoms with Gasteiger partial charge in [0.1, 0.15) is 0 Å². The predicted octanol–water partition coefficient (Wildman–Crippen LogP) is 3.59. The Labute approximate surface area is 116 Å². The van der Waals surface area contributed by atoms with Gasteiger partial charge in [-0.2, -0.15) is 0 Å². The third kappa shape index (κ3) is 2.82. The summed E-state index contributed by atoms with van der Waals surface area (Å²) in [6.45, 7) is 0.292. The number of rotatable bonds is 5. The molecule has 2 rings (SSSR count). The SMILES string of the molecule is COc1cccc(CNc2cccc(F)c2F)c1OC. The quantitative estimate of drug-likeness (QED) is 0.907. The van der Waals surface area contributed by atoms with Crippen LogP contribution < -0.4 is 14.8 Å². The minimum absolute atomic E-state index is 0.106.